The fourth-order valence-electron chi connectivity index (χ4n) is 4.76. The van der Waals surface area contributed by atoms with Crippen molar-refractivity contribution in [2.24, 2.45) is 5.73 Å². The van der Waals surface area contributed by atoms with E-state index in [1.807, 2.05) is 7.05 Å². The fraction of sp³-hybridized carbons (Fsp3) is 0.346. The molecule has 0 unspecified atom stereocenters. The molecule has 1 heterocycles. The van der Waals surface area contributed by atoms with E-state index in [-0.39, 0.29) is 5.56 Å². The molecule has 4 rings (SSSR count). The summed E-state index contributed by atoms with van der Waals surface area (Å²) in [4.78, 5) is 42.5. The number of benzene rings is 2. The summed E-state index contributed by atoms with van der Waals surface area (Å²) in [6, 6.07) is 9.17. The van der Waals surface area contributed by atoms with Crippen LogP contribution >= 0.6 is 0 Å². The molecule has 0 radical (unpaired) electrons. The van der Waals surface area contributed by atoms with Crippen LogP contribution in [0, 0.1) is 5.82 Å². The smallest absolute Gasteiger partial charge is 0.261 e. The van der Waals surface area contributed by atoms with Crippen molar-refractivity contribution in [3.05, 3.63) is 69.3 Å². The van der Waals surface area contributed by atoms with Crippen LogP contribution in [0.1, 0.15) is 58.4 Å². The number of carbonyl (C=O) groups excluding carboxylic acids is 2. The van der Waals surface area contributed by atoms with Gasteiger partial charge in [-0.15, -0.1) is 0 Å². The summed E-state index contributed by atoms with van der Waals surface area (Å²) < 4.78 is 14.0. The number of nitrogens with two attached hydrogens (primary N) is 1. The lowest BCUT2D eigenvalue weighted by Gasteiger charge is -2.31. The summed E-state index contributed by atoms with van der Waals surface area (Å²) in [5.74, 6) is -1.68. The molecule has 1 aromatic heterocycles. The summed E-state index contributed by atoms with van der Waals surface area (Å²) in [6.07, 6.45) is 5.81. The summed E-state index contributed by atoms with van der Waals surface area (Å²) in [7, 11) is 3.65. The summed E-state index contributed by atoms with van der Waals surface area (Å²) in [5.41, 5.74) is 7.13. The van der Waals surface area contributed by atoms with Crippen molar-refractivity contribution in [3.63, 3.8) is 0 Å². The molecule has 1 saturated carbocycles. The molecule has 1 aliphatic carbocycles. The van der Waals surface area contributed by atoms with Gasteiger partial charge in [-0.1, -0.05) is 19.3 Å². The van der Waals surface area contributed by atoms with Crippen LogP contribution in [0.5, 0.6) is 0 Å². The maximum atomic E-state index is 14.0. The Morgan fingerprint density at radius 1 is 1.11 bits per heavy atom. The minimum atomic E-state index is -0.628. The molecule has 9 heteroatoms. The number of hydrogen-bond donors (Lipinski definition) is 4. The standard InChI is InChI=1S/C26H30FN5O3/c1-29-22-13-18(27)11-16-12-20(26(35)31-23(16)22)25(34)30-21-9-8-15(24(28)33)10-17(21)14-32(2)19-6-4-3-5-7-19/h8-13,19,29H,3-7,14H2,1-2H3,(H2,28,33)(H,30,34)(H,31,35). The zero-order valence-electron chi connectivity index (χ0n) is 19.9. The predicted octanol–water partition coefficient (Wildman–Crippen LogP) is 3.82. The Labute approximate surface area is 202 Å². The third-order valence-corrected chi connectivity index (χ3v) is 6.69. The number of H-pyrrole nitrogens is 1. The van der Waals surface area contributed by atoms with Gasteiger partial charge in [-0.05, 0) is 61.9 Å². The molecular weight excluding hydrogens is 449 g/mol. The molecule has 0 atom stereocenters. The highest BCUT2D eigenvalue weighted by Crippen LogP contribution is 2.27. The van der Waals surface area contributed by atoms with Crippen LogP contribution in [0.2, 0.25) is 0 Å². The number of fused-ring (bicyclic) bond motifs is 1. The number of nitrogens with one attached hydrogen (secondary N) is 3. The largest absolute Gasteiger partial charge is 0.386 e. The third-order valence-electron chi connectivity index (χ3n) is 6.69. The fourth-order valence-corrected chi connectivity index (χ4v) is 4.76. The van der Waals surface area contributed by atoms with Crippen molar-refractivity contribution in [1.82, 2.24) is 9.88 Å². The van der Waals surface area contributed by atoms with Gasteiger partial charge in [-0.25, -0.2) is 4.39 Å². The summed E-state index contributed by atoms with van der Waals surface area (Å²) in [6.45, 7) is 0.506. The van der Waals surface area contributed by atoms with Gasteiger partial charge >= 0.3 is 0 Å². The lowest BCUT2D eigenvalue weighted by Crippen LogP contribution is -2.33. The van der Waals surface area contributed by atoms with E-state index in [9.17, 15) is 18.8 Å². The second-order valence-electron chi connectivity index (χ2n) is 9.08. The van der Waals surface area contributed by atoms with Crippen LogP contribution in [0.4, 0.5) is 15.8 Å². The SMILES string of the molecule is CNc1cc(F)cc2cc(C(=O)Nc3ccc(C(N)=O)cc3CN(C)C3CCCCC3)c(=O)[nH]c12. The second kappa shape index (κ2) is 10.3. The molecule has 1 aliphatic rings. The minimum Gasteiger partial charge on any atom is -0.386 e. The Balaban J connectivity index is 1.65. The first-order valence-corrected chi connectivity index (χ1v) is 11.8. The number of aromatic amines is 1. The molecule has 8 nitrogen and oxygen atoms in total. The normalized spacial score (nSPS) is 14.3. The van der Waals surface area contributed by atoms with Gasteiger partial charge in [-0.2, -0.15) is 0 Å². The van der Waals surface area contributed by atoms with Crippen LogP contribution in [-0.2, 0) is 6.54 Å². The number of nitrogens with zero attached hydrogens (tertiary/aromatic N) is 1. The lowest BCUT2D eigenvalue weighted by atomic mass is 9.94. The molecule has 3 aromatic rings. The number of amides is 2. The van der Waals surface area contributed by atoms with Crippen LogP contribution in [-0.4, -0.2) is 41.8 Å². The number of aromatic nitrogens is 1. The van der Waals surface area contributed by atoms with Gasteiger partial charge in [0.2, 0.25) is 5.91 Å². The van der Waals surface area contributed by atoms with Gasteiger partial charge in [-0.3, -0.25) is 19.3 Å². The summed E-state index contributed by atoms with van der Waals surface area (Å²) >= 11 is 0. The van der Waals surface area contributed by atoms with E-state index in [4.69, 9.17) is 5.73 Å². The summed E-state index contributed by atoms with van der Waals surface area (Å²) in [5, 5.41) is 6.03. The maximum absolute atomic E-state index is 14.0. The number of pyridine rings is 1. The van der Waals surface area contributed by atoms with Crippen molar-refractivity contribution in [1.29, 1.82) is 0 Å². The first-order valence-electron chi connectivity index (χ1n) is 11.8. The van der Waals surface area contributed by atoms with Crippen LogP contribution in [0.25, 0.3) is 10.9 Å². The van der Waals surface area contributed by atoms with Gasteiger partial charge in [0.15, 0.2) is 0 Å². The van der Waals surface area contributed by atoms with E-state index in [2.05, 4.69) is 20.5 Å². The number of hydrogen-bond acceptors (Lipinski definition) is 5. The highest BCUT2D eigenvalue weighted by atomic mass is 19.1. The minimum absolute atomic E-state index is 0.143. The molecule has 2 amide bonds. The second-order valence-corrected chi connectivity index (χ2v) is 9.08. The van der Waals surface area contributed by atoms with Crippen LogP contribution in [0.15, 0.2) is 41.2 Å². The average Bonchev–Trinajstić information content (AvgIpc) is 2.84. The number of halogens is 1. The Morgan fingerprint density at radius 3 is 2.54 bits per heavy atom. The molecule has 35 heavy (non-hydrogen) atoms. The zero-order valence-corrected chi connectivity index (χ0v) is 19.9. The zero-order chi connectivity index (χ0) is 25.1. The highest BCUT2D eigenvalue weighted by molar-refractivity contribution is 6.07. The van der Waals surface area contributed by atoms with Gasteiger partial charge in [0.25, 0.3) is 11.5 Å². The van der Waals surface area contributed by atoms with Gasteiger partial charge in [0.1, 0.15) is 11.4 Å². The molecule has 0 aliphatic heterocycles. The highest BCUT2D eigenvalue weighted by Gasteiger charge is 2.21. The molecule has 0 saturated heterocycles. The molecule has 1 fully saturated rings. The topological polar surface area (TPSA) is 120 Å². The number of primary amides is 1. The van der Waals surface area contributed by atoms with E-state index in [0.717, 1.165) is 18.4 Å². The molecule has 184 valence electrons. The van der Waals surface area contributed by atoms with Crippen molar-refractivity contribution < 1.29 is 14.0 Å². The monoisotopic (exact) mass is 479 g/mol. The van der Waals surface area contributed by atoms with E-state index in [0.29, 0.717) is 40.4 Å². The van der Waals surface area contributed by atoms with E-state index in [1.165, 1.54) is 37.5 Å². The van der Waals surface area contributed by atoms with Crippen molar-refractivity contribution in [3.8, 4) is 0 Å². The van der Waals surface area contributed by atoms with E-state index >= 15 is 0 Å². The number of carbonyl (C=O) groups is 2. The van der Waals surface area contributed by atoms with Crippen LogP contribution in [0.3, 0.4) is 0 Å². The number of rotatable bonds is 7. The molecule has 2 aromatic carbocycles. The third kappa shape index (κ3) is 5.35. The van der Waals surface area contributed by atoms with Crippen molar-refractivity contribution in [2.45, 2.75) is 44.7 Å². The average molecular weight is 480 g/mol. The molecular formula is C26H30FN5O3. The van der Waals surface area contributed by atoms with E-state index < -0.39 is 23.2 Å². The van der Waals surface area contributed by atoms with Crippen molar-refractivity contribution >= 4 is 34.1 Å². The van der Waals surface area contributed by atoms with Gasteiger partial charge < -0.3 is 21.4 Å². The Hall–Kier alpha value is -3.72. The van der Waals surface area contributed by atoms with E-state index in [1.54, 1.807) is 25.2 Å². The Morgan fingerprint density at radius 2 is 1.86 bits per heavy atom. The van der Waals surface area contributed by atoms with Crippen LogP contribution < -0.4 is 21.9 Å². The Kier molecular flexibility index (Phi) is 7.16. The predicted molar refractivity (Wildman–Crippen MR) is 135 cm³/mol. The first-order chi connectivity index (χ1) is 16.8. The molecule has 0 bridgehead atoms. The van der Waals surface area contributed by atoms with Gasteiger partial charge in [0.05, 0.1) is 11.2 Å². The van der Waals surface area contributed by atoms with Gasteiger partial charge in [0, 0.05) is 36.3 Å². The Bertz CT molecular complexity index is 1330. The maximum Gasteiger partial charge on any atom is 0.261 e. The quantitative estimate of drug-likeness (QED) is 0.411. The first kappa shape index (κ1) is 24.4. The van der Waals surface area contributed by atoms with Crippen molar-refractivity contribution in [2.75, 3.05) is 24.7 Å². The molecule has 5 N–H and O–H groups in total. The lowest BCUT2D eigenvalue weighted by molar-refractivity contribution is 0.0998. The molecule has 0 spiro atoms. The number of anilines is 2.